The van der Waals surface area contributed by atoms with Gasteiger partial charge in [0.15, 0.2) is 6.61 Å². The van der Waals surface area contributed by atoms with E-state index in [4.69, 9.17) is 10.00 Å². The molecule has 0 saturated carbocycles. The molecule has 1 aliphatic rings. The molecule has 7 nitrogen and oxygen atoms in total. The number of ether oxygens (including phenoxy) is 1. The van der Waals surface area contributed by atoms with Crippen LogP contribution in [0.5, 0.6) is 0 Å². The fourth-order valence-corrected chi connectivity index (χ4v) is 4.80. The Balaban J connectivity index is 1.56. The third kappa shape index (κ3) is 6.59. The fraction of sp³-hybridized carbons (Fsp3) is 0.360. The Kier molecular flexibility index (Phi) is 8.50. The van der Waals surface area contributed by atoms with Gasteiger partial charge in [-0.2, -0.15) is 5.26 Å². The van der Waals surface area contributed by atoms with Gasteiger partial charge in [0.05, 0.1) is 22.9 Å². The number of amides is 2. The average molecular weight is 466 g/mol. The van der Waals surface area contributed by atoms with Crippen LogP contribution in [0.4, 0.5) is 5.69 Å². The lowest BCUT2D eigenvalue weighted by atomic mass is 9.97. The third-order valence-corrected chi connectivity index (χ3v) is 6.62. The lowest BCUT2D eigenvalue weighted by molar-refractivity contribution is -0.140. The Morgan fingerprint density at radius 2 is 1.85 bits per heavy atom. The highest BCUT2D eigenvalue weighted by molar-refractivity contribution is 8.00. The minimum Gasteiger partial charge on any atom is -0.452 e. The molecule has 2 unspecified atom stereocenters. The maximum absolute atomic E-state index is 12.7. The monoisotopic (exact) mass is 465 g/mol. The highest BCUT2D eigenvalue weighted by atomic mass is 32.2. The van der Waals surface area contributed by atoms with Crippen molar-refractivity contribution < 1.29 is 19.1 Å². The van der Waals surface area contributed by atoms with Gasteiger partial charge in [0.1, 0.15) is 0 Å². The number of nitrogens with zero attached hydrogens (tertiary/aromatic N) is 2. The van der Waals surface area contributed by atoms with E-state index in [9.17, 15) is 14.4 Å². The summed E-state index contributed by atoms with van der Waals surface area (Å²) >= 11 is 1.20. The largest absolute Gasteiger partial charge is 0.452 e. The Morgan fingerprint density at radius 1 is 1.12 bits per heavy atom. The van der Waals surface area contributed by atoms with Gasteiger partial charge in [0.25, 0.3) is 5.91 Å². The molecule has 0 radical (unpaired) electrons. The number of nitriles is 1. The van der Waals surface area contributed by atoms with Crippen molar-refractivity contribution in [1.82, 2.24) is 4.90 Å². The summed E-state index contributed by atoms with van der Waals surface area (Å²) in [5.74, 6) is -0.970. The van der Waals surface area contributed by atoms with Gasteiger partial charge in [-0.05, 0) is 63.4 Å². The van der Waals surface area contributed by atoms with Crippen molar-refractivity contribution in [2.75, 3.05) is 17.7 Å². The van der Waals surface area contributed by atoms with E-state index in [2.05, 4.69) is 5.32 Å². The molecule has 1 aliphatic heterocycles. The number of anilines is 1. The second-order valence-corrected chi connectivity index (χ2v) is 9.05. The zero-order chi connectivity index (χ0) is 23.8. The van der Waals surface area contributed by atoms with Crippen molar-refractivity contribution in [3.05, 3.63) is 59.7 Å². The molecule has 172 valence electrons. The quantitative estimate of drug-likeness (QED) is 0.485. The van der Waals surface area contributed by atoms with Gasteiger partial charge in [-0.3, -0.25) is 9.59 Å². The minimum atomic E-state index is -0.592. The number of carbonyl (C=O) groups excluding carboxylic acids is 3. The molecule has 2 aromatic carbocycles. The molecule has 0 aliphatic carbocycles. The molecule has 0 aromatic heterocycles. The van der Waals surface area contributed by atoms with Crippen LogP contribution >= 0.6 is 11.8 Å². The number of carbonyl (C=O) groups is 3. The summed E-state index contributed by atoms with van der Waals surface area (Å²) in [7, 11) is 0. The standard InChI is InChI=1S/C25H27N3O4S/c1-17-7-5-8-18(2)28(17)24(30)15-32-25(31)21-11-3-4-12-22(21)33-16-23(29)27-20-10-6-9-19(13-20)14-26/h3-4,6,9-13,17-18H,5,7-8,15-16H2,1-2H3,(H,27,29). The molecule has 0 spiro atoms. The van der Waals surface area contributed by atoms with Gasteiger partial charge in [-0.1, -0.05) is 18.2 Å². The molecule has 8 heteroatoms. The van der Waals surface area contributed by atoms with Crippen molar-refractivity contribution >= 4 is 35.2 Å². The third-order valence-electron chi connectivity index (χ3n) is 5.55. The summed E-state index contributed by atoms with van der Waals surface area (Å²) < 4.78 is 5.33. The smallest absolute Gasteiger partial charge is 0.339 e. The van der Waals surface area contributed by atoms with Crippen LogP contribution < -0.4 is 5.32 Å². The van der Waals surface area contributed by atoms with Crippen LogP contribution in [0.15, 0.2) is 53.4 Å². The number of benzene rings is 2. The van der Waals surface area contributed by atoms with Crippen molar-refractivity contribution in [1.29, 1.82) is 5.26 Å². The summed E-state index contributed by atoms with van der Waals surface area (Å²) in [5.41, 5.74) is 1.30. The summed E-state index contributed by atoms with van der Waals surface area (Å²) in [4.78, 5) is 40.1. The van der Waals surface area contributed by atoms with E-state index in [1.54, 1.807) is 48.5 Å². The minimum absolute atomic E-state index is 0.0722. The van der Waals surface area contributed by atoms with E-state index < -0.39 is 5.97 Å². The molecule has 3 rings (SSSR count). The van der Waals surface area contributed by atoms with Gasteiger partial charge in [-0.25, -0.2) is 4.79 Å². The van der Waals surface area contributed by atoms with Crippen molar-refractivity contribution in [3.63, 3.8) is 0 Å². The van der Waals surface area contributed by atoms with E-state index in [0.717, 1.165) is 19.3 Å². The van der Waals surface area contributed by atoms with Crippen LogP contribution in [-0.4, -0.2) is 47.1 Å². The second-order valence-electron chi connectivity index (χ2n) is 8.03. The van der Waals surface area contributed by atoms with Gasteiger partial charge in [0, 0.05) is 22.7 Å². The number of hydrogen-bond acceptors (Lipinski definition) is 6. The van der Waals surface area contributed by atoms with Gasteiger partial charge >= 0.3 is 5.97 Å². The lowest BCUT2D eigenvalue weighted by Gasteiger charge is -2.38. The highest BCUT2D eigenvalue weighted by Gasteiger charge is 2.29. The normalized spacial score (nSPS) is 17.7. The van der Waals surface area contributed by atoms with Crippen LogP contribution in [0.1, 0.15) is 49.0 Å². The first-order valence-corrected chi connectivity index (χ1v) is 11.9. The number of nitrogens with one attached hydrogen (secondary N) is 1. The Labute approximate surface area is 198 Å². The number of hydrogen-bond donors (Lipinski definition) is 1. The van der Waals surface area contributed by atoms with Crippen LogP contribution in [0.25, 0.3) is 0 Å². The molecule has 2 aromatic rings. The van der Waals surface area contributed by atoms with Crippen molar-refractivity contribution in [2.24, 2.45) is 0 Å². The lowest BCUT2D eigenvalue weighted by Crippen LogP contribution is -2.49. The summed E-state index contributed by atoms with van der Waals surface area (Å²) in [5, 5.41) is 11.7. The number of rotatable bonds is 7. The van der Waals surface area contributed by atoms with E-state index in [0.29, 0.717) is 21.7 Å². The maximum atomic E-state index is 12.7. The first-order chi connectivity index (χ1) is 15.9. The predicted octanol–water partition coefficient (Wildman–Crippen LogP) is 4.24. The highest BCUT2D eigenvalue weighted by Crippen LogP contribution is 2.25. The Hall–Kier alpha value is -3.31. The molecular weight excluding hydrogens is 438 g/mol. The maximum Gasteiger partial charge on any atom is 0.339 e. The fourth-order valence-electron chi connectivity index (χ4n) is 3.96. The number of esters is 1. The number of likely N-dealkylation sites (tertiary alicyclic amines) is 1. The number of thioether (sulfide) groups is 1. The van der Waals surface area contributed by atoms with E-state index in [1.165, 1.54) is 11.8 Å². The molecule has 1 saturated heterocycles. The van der Waals surface area contributed by atoms with E-state index >= 15 is 0 Å². The molecule has 33 heavy (non-hydrogen) atoms. The summed E-state index contributed by atoms with van der Waals surface area (Å²) in [6, 6.07) is 15.8. The molecular formula is C25H27N3O4S. The molecule has 1 fully saturated rings. The van der Waals surface area contributed by atoms with E-state index in [-0.39, 0.29) is 36.3 Å². The van der Waals surface area contributed by atoms with Gasteiger partial charge in [-0.15, -0.1) is 11.8 Å². The Morgan fingerprint density at radius 3 is 2.58 bits per heavy atom. The molecule has 1 N–H and O–H groups in total. The molecule has 2 amide bonds. The number of piperidine rings is 1. The van der Waals surface area contributed by atoms with Crippen molar-refractivity contribution in [3.8, 4) is 6.07 Å². The first kappa shape index (κ1) is 24.3. The second kappa shape index (κ2) is 11.5. The van der Waals surface area contributed by atoms with E-state index in [1.807, 2.05) is 24.8 Å². The molecule has 2 atom stereocenters. The predicted molar refractivity (Wildman–Crippen MR) is 127 cm³/mol. The SMILES string of the molecule is CC1CCCC(C)N1C(=O)COC(=O)c1ccccc1SCC(=O)Nc1cccc(C#N)c1. The molecule has 0 bridgehead atoms. The Bertz CT molecular complexity index is 1060. The van der Waals surface area contributed by atoms with Crippen molar-refractivity contribution in [2.45, 2.75) is 50.1 Å². The van der Waals surface area contributed by atoms with Gasteiger partial charge in [0.2, 0.25) is 5.91 Å². The first-order valence-electron chi connectivity index (χ1n) is 10.9. The topological polar surface area (TPSA) is 99.5 Å². The summed E-state index contributed by atoms with van der Waals surface area (Å²) in [6.45, 7) is 3.73. The van der Waals surface area contributed by atoms with Gasteiger partial charge < -0.3 is 15.0 Å². The van der Waals surface area contributed by atoms with Crippen LogP contribution in [-0.2, 0) is 14.3 Å². The van der Waals surface area contributed by atoms with Crippen LogP contribution in [0.3, 0.4) is 0 Å². The van der Waals surface area contributed by atoms with Crippen LogP contribution in [0, 0.1) is 11.3 Å². The van der Waals surface area contributed by atoms with Crippen LogP contribution in [0.2, 0.25) is 0 Å². The average Bonchev–Trinajstić information content (AvgIpc) is 2.81. The zero-order valence-electron chi connectivity index (χ0n) is 18.7. The zero-order valence-corrected chi connectivity index (χ0v) is 19.6. The molecule has 1 heterocycles. The summed E-state index contributed by atoms with van der Waals surface area (Å²) in [6.07, 6.45) is 2.99.